The van der Waals surface area contributed by atoms with Crippen molar-refractivity contribution in [1.29, 1.82) is 0 Å². The van der Waals surface area contributed by atoms with Gasteiger partial charge in [0.15, 0.2) is 0 Å². The van der Waals surface area contributed by atoms with Gasteiger partial charge in [0.05, 0.1) is 0 Å². The number of pyridine rings is 1. The normalized spacial score (nSPS) is 21.6. The Labute approximate surface area is 105 Å². The summed E-state index contributed by atoms with van der Waals surface area (Å²) in [6, 6.07) is 4.40. The van der Waals surface area contributed by atoms with Crippen LogP contribution in [0, 0.1) is 5.92 Å². The highest BCUT2D eigenvalue weighted by Crippen LogP contribution is 2.25. The van der Waals surface area contributed by atoms with Crippen LogP contribution in [0.15, 0.2) is 18.3 Å². The smallest absolute Gasteiger partial charge is 0.128 e. The van der Waals surface area contributed by atoms with Gasteiger partial charge in [-0.05, 0) is 35.8 Å². The van der Waals surface area contributed by atoms with Gasteiger partial charge in [-0.2, -0.15) is 0 Å². The summed E-state index contributed by atoms with van der Waals surface area (Å²) in [6.45, 7) is 11.3. The molecule has 0 aliphatic carbocycles. The number of hydrogen-bond acceptors (Lipinski definition) is 2. The minimum atomic E-state index is 0.195. The van der Waals surface area contributed by atoms with Crippen LogP contribution < -0.4 is 4.90 Å². The Balaban J connectivity index is 2.12. The van der Waals surface area contributed by atoms with Gasteiger partial charge in [0.2, 0.25) is 0 Å². The molecule has 1 saturated heterocycles. The Morgan fingerprint density at radius 3 is 2.59 bits per heavy atom. The molecule has 2 heteroatoms. The third kappa shape index (κ3) is 2.99. The third-order valence-electron chi connectivity index (χ3n) is 3.59. The molecule has 0 bridgehead atoms. The molecule has 17 heavy (non-hydrogen) atoms. The second-order valence-corrected chi connectivity index (χ2v) is 6.35. The lowest BCUT2D eigenvalue weighted by atomic mass is 9.88. The zero-order chi connectivity index (χ0) is 12.5. The van der Waals surface area contributed by atoms with E-state index in [1.807, 2.05) is 6.20 Å². The summed E-state index contributed by atoms with van der Waals surface area (Å²) >= 11 is 0. The molecule has 1 atom stereocenters. The van der Waals surface area contributed by atoms with Gasteiger partial charge in [-0.25, -0.2) is 4.98 Å². The van der Waals surface area contributed by atoms with Crippen LogP contribution in [0.3, 0.4) is 0 Å². The molecular weight excluding hydrogens is 208 g/mol. The minimum absolute atomic E-state index is 0.195. The quantitative estimate of drug-likeness (QED) is 0.735. The first-order chi connectivity index (χ1) is 7.97. The standard InChI is InChI=1S/C15H24N2/c1-12-6-5-9-17(11-12)14-8-7-13(10-16-14)15(2,3)4/h7-8,10,12H,5-6,9,11H2,1-4H3/t12-/m0/s1. The Kier molecular flexibility index (Phi) is 3.41. The van der Waals surface area contributed by atoms with E-state index in [0.717, 1.165) is 24.8 Å². The van der Waals surface area contributed by atoms with Gasteiger partial charge in [0.1, 0.15) is 5.82 Å². The van der Waals surface area contributed by atoms with Gasteiger partial charge < -0.3 is 4.90 Å². The van der Waals surface area contributed by atoms with Gasteiger partial charge in [-0.3, -0.25) is 0 Å². The highest BCUT2D eigenvalue weighted by molar-refractivity contribution is 5.40. The largest absolute Gasteiger partial charge is 0.356 e. The van der Waals surface area contributed by atoms with Crippen molar-refractivity contribution in [2.24, 2.45) is 5.92 Å². The van der Waals surface area contributed by atoms with Crippen molar-refractivity contribution in [3.05, 3.63) is 23.9 Å². The first kappa shape index (κ1) is 12.4. The summed E-state index contributed by atoms with van der Waals surface area (Å²) in [5.41, 5.74) is 1.51. The van der Waals surface area contributed by atoms with Crippen LogP contribution in [-0.2, 0) is 5.41 Å². The number of aromatic nitrogens is 1. The molecule has 2 rings (SSSR count). The van der Waals surface area contributed by atoms with Gasteiger partial charge >= 0.3 is 0 Å². The predicted octanol–water partition coefficient (Wildman–Crippen LogP) is 3.62. The summed E-state index contributed by atoms with van der Waals surface area (Å²) < 4.78 is 0. The molecule has 1 aromatic heterocycles. The lowest BCUT2D eigenvalue weighted by molar-refractivity contribution is 0.444. The molecule has 0 amide bonds. The van der Waals surface area contributed by atoms with Crippen molar-refractivity contribution in [3.63, 3.8) is 0 Å². The second kappa shape index (κ2) is 4.67. The highest BCUT2D eigenvalue weighted by atomic mass is 15.2. The number of piperidine rings is 1. The first-order valence-corrected chi connectivity index (χ1v) is 6.68. The SMILES string of the molecule is C[C@H]1CCCN(c2ccc(C(C)(C)C)cn2)C1. The molecule has 0 aromatic carbocycles. The third-order valence-corrected chi connectivity index (χ3v) is 3.59. The molecule has 0 spiro atoms. The molecule has 1 fully saturated rings. The topological polar surface area (TPSA) is 16.1 Å². The summed E-state index contributed by atoms with van der Waals surface area (Å²) in [6.07, 6.45) is 4.69. The lowest BCUT2D eigenvalue weighted by Gasteiger charge is -2.32. The van der Waals surface area contributed by atoms with Crippen LogP contribution in [-0.4, -0.2) is 18.1 Å². The molecule has 1 aromatic rings. The maximum atomic E-state index is 4.63. The molecule has 1 aliphatic heterocycles. The van der Waals surface area contributed by atoms with E-state index >= 15 is 0 Å². The molecule has 2 nitrogen and oxygen atoms in total. The van der Waals surface area contributed by atoms with E-state index in [4.69, 9.17) is 0 Å². The van der Waals surface area contributed by atoms with Crippen LogP contribution in [0.1, 0.15) is 46.1 Å². The summed E-state index contributed by atoms with van der Waals surface area (Å²) in [5.74, 6) is 1.94. The number of rotatable bonds is 1. The van der Waals surface area contributed by atoms with Crippen molar-refractivity contribution >= 4 is 5.82 Å². The summed E-state index contributed by atoms with van der Waals surface area (Å²) in [7, 11) is 0. The van der Waals surface area contributed by atoms with Crippen molar-refractivity contribution in [2.75, 3.05) is 18.0 Å². The molecule has 0 N–H and O–H groups in total. The van der Waals surface area contributed by atoms with E-state index < -0.39 is 0 Å². The average Bonchev–Trinajstić information content (AvgIpc) is 2.28. The van der Waals surface area contributed by atoms with Crippen molar-refractivity contribution in [3.8, 4) is 0 Å². The number of nitrogens with zero attached hydrogens (tertiary/aromatic N) is 2. The maximum Gasteiger partial charge on any atom is 0.128 e. The van der Waals surface area contributed by atoms with Gasteiger partial charge in [0.25, 0.3) is 0 Å². The lowest BCUT2D eigenvalue weighted by Crippen LogP contribution is -2.34. The van der Waals surface area contributed by atoms with E-state index in [2.05, 4.69) is 49.7 Å². The molecule has 94 valence electrons. The fourth-order valence-corrected chi connectivity index (χ4v) is 2.41. The van der Waals surface area contributed by atoms with Gasteiger partial charge in [-0.1, -0.05) is 33.8 Å². The first-order valence-electron chi connectivity index (χ1n) is 6.68. The van der Waals surface area contributed by atoms with Crippen molar-refractivity contribution in [2.45, 2.75) is 46.0 Å². The number of hydrogen-bond donors (Lipinski definition) is 0. The fraction of sp³-hybridized carbons (Fsp3) is 0.667. The maximum absolute atomic E-state index is 4.63. The Bertz CT molecular complexity index is 362. The van der Waals surface area contributed by atoms with Crippen LogP contribution in [0.2, 0.25) is 0 Å². The summed E-state index contributed by atoms with van der Waals surface area (Å²) in [5, 5.41) is 0. The zero-order valence-corrected chi connectivity index (χ0v) is 11.5. The van der Waals surface area contributed by atoms with Crippen molar-refractivity contribution in [1.82, 2.24) is 4.98 Å². The monoisotopic (exact) mass is 232 g/mol. The molecule has 0 unspecified atom stereocenters. The van der Waals surface area contributed by atoms with E-state index in [1.165, 1.54) is 18.4 Å². The van der Waals surface area contributed by atoms with Crippen LogP contribution >= 0.6 is 0 Å². The van der Waals surface area contributed by atoms with E-state index in [9.17, 15) is 0 Å². The minimum Gasteiger partial charge on any atom is -0.356 e. The Morgan fingerprint density at radius 1 is 1.29 bits per heavy atom. The highest BCUT2D eigenvalue weighted by Gasteiger charge is 2.19. The number of anilines is 1. The van der Waals surface area contributed by atoms with Crippen LogP contribution in [0.4, 0.5) is 5.82 Å². The molecule has 1 aliphatic rings. The van der Waals surface area contributed by atoms with E-state index in [1.54, 1.807) is 0 Å². The zero-order valence-electron chi connectivity index (χ0n) is 11.5. The van der Waals surface area contributed by atoms with E-state index in [-0.39, 0.29) is 5.41 Å². The van der Waals surface area contributed by atoms with Gasteiger partial charge in [-0.15, -0.1) is 0 Å². The van der Waals surface area contributed by atoms with Crippen LogP contribution in [0.5, 0.6) is 0 Å². The fourth-order valence-electron chi connectivity index (χ4n) is 2.41. The molecular formula is C15H24N2. The molecule has 0 radical (unpaired) electrons. The van der Waals surface area contributed by atoms with Crippen LogP contribution in [0.25, 0.3) is 0 Å². The van der Waals surface area contributed by atoms with E-state index in [0.29, 0.717) is 0 Å². The molecule has 2 heterocycles. The summed E-state index contributed by atoms with van der Waals surface area (Å²) in [4.78, 5) is 7.05. The van der Waals surface area contributed by atoms with Crippen molar-refractivity contribution < 1.29 is 0 Å². The predicted molar refractivity (Wildman–Crippen MR) is 73.5 cm³/mol. The molecule has 0 saturated carbocycles. The Morgan fingerprint density at radius 2 is 2.06 bits per heavy atom. The second-order valence-electron chi connectivity index (χ2n) is 6.35. The Hall–Kier alpha value is -1.05. The average molecular weight is 232 g/mol. The van der Waals surface area contributed by atoms with Gasteiger partial charge in [0, 0.05) is 19.3 Å².